The zero-order valence-electron chi connectivity index (χ0n) is 16.1. The highest BCUT2D eigenvalue weighted by Gasteiger charge is 2.15. The molecule has 0 saturated carbocycles. The predicted molar refractivity (Wildman–Crippen MR) is 119 cm³/mol. The Morgan fingerprint density at radius 3 is 2.38 bits per heavy atom. The number of anilines is 1. The molecule has 0 unspecified atom stereocenters. The van der Waals surface area contributed by atoms with Gasteiger partial charge >= 0.3 is 17.8 Å². The molecular weight excluding hydrogens is 460 g/mol. The first-order valence-electron chi connectivity index (χ1n) is 9.00. The van der Waals surface area contributed by atoms with Gasteiger partial charge in [-0.15, -0.1) is 0 Å². The molecule has 32 heavy (non-hydrogen) atoms. The Morgan fingerprint density at radius 1 is 0.906 bits per heavy atom. The van der Waals surface area contributed by atoms with Gasteiger partial charge in [0.15, 0.2) is 0 Å². The highest BCUT2D eigenvalue weighted by molar-refractivity contribution is 6.39. The van der Waals surface area contributed by atoms with Gasteiger partial charge in [0.05, 0.1) is 21.8 Å². The van der Waals surface area contributed by atoms with E-state index in [0.717, 1.165) is 12.1 Å². The van der Waals surface area contributed by atoms with Crippen LogP contribution in [0, 0.1) is 5.82 Å². The van der Waals surface area contributed by atoms with Crippen LogP contribution in [0.25, 0.3) is 0 Å². The van der Waals surface area contributed by atoms with E-state index in [1.807, 2.05) is 5.43 Å². The van der Waals surface area contributed by atoms with E-state index in [4.69, 9.17) is 27.9 Å². The Labute approximate surface area is 191 Å². The summed E-state index contributed by atoms with van der Waals surface area (Å²) in [6.07, 6.45) is 1.20. The molecule has 0 atom stereocenters. The molecule has 2 N–H and O–H groups in total. The number of hydrogen-bond donors (Lipinski definition) is 2. The summed E-state index contributed by atoms with van der Waals surface area (Å²) in [6, 6.07) is 16.3. The fourth-order valence-electron chi connectivity index (χ4n) is 2.43. The fourth-order valence-corrected chi connectivity index (χ4v) is 2.83. The topological polar surface area (TPSA) is 96.9 Å². The maximum Gasteiger partial charge on any atom is 0.345 e. The van der Waals surface area contributed by atoms with Crippen LogP contribution in [0.4, 0.5) is 10.1 Å². The molecule has 0 bridgehead atoms. The number of hydrazone groups is 1. The van der Waals surface area contributed by atoms with E-state index in [0.29, 0.717) is 5.56 Å². The standard InChI is InChI=1S/C22H14Cl2FN3O4/c23-16-7-3-2-6-15(16)22(31)32-19-8-4-1-5-13(19)12-26-28-21(30)20(29)27-14-9-10-18(25)17(24)11-14/h1-12H,(H,27,29)(H,28,30)/b26-12+. The number of amides is 2. The molecule has 0 radical (unpaired) electrons. The lowest BCUT2D eigenvalue weighted by molar-refractivity contribution is -0.136. The van der Waals surface area contributed by atoms with Crippen molar-refractivity contribution in [3.63, 3.8) is 0 Å². The van der Waals surface area contributed by atoms with E-state index in [-0.39, 0.29) is 27.0 Å². The normalized spacial score (nSPS) is 10.6. The lowest BCUT2D eigenvalue weighted by Crippen LogP contribution is -2.32. The van der Waals surface area contributed by atoms with Crippen LogP contribution in [0.1, 0.15) is 15.9 Å². The summed E-state index contributed by atoms with van der Waals surface area (Å²) in [5.41, 5.74) is 2.73. The van der Waals surface area contributed by atoms with Crippen LogP contribution in [-0.4, -0.2) is 24.0 Å². The third kappa shape index (κ3) is 5.90. The van der Waals surface area contributed by atoms with Crippen molar-refractivity contribution >= 4 is 52.9 Å². The molecule has 0 aliphatic heterocycles. The van der Waals surface area contributed by atoms with Crippen LogP contribution in [0.3, 0.4) is 0 Å². The summed E-state index contributed by atoms with van der Waals surface area (Å²) in [5, 5.41) is 6.00. The lowest BCUT2D eigenvalue weighted by atomic mass is 10.2. The van der Waals surface area contributed by atoms with E-state index >= 15 is 0 Å². The van der Waals surface area contributed by atoms with Crippen molar-refractivity contribution in [2.24, 2.45) is 5.10 Å². The summed E-state index contributed by atoms with van der Waals surface area (Å²) in [6.45, 7) is 0. The molecule has 3 rings (SSSR count). The summed E-state index contributed by atoms with van der Waals surface area (Å²) >= 11 is 11.6. The minimum Gasteiger partial charge on any atom is -0.422 e. The maximum atomic E-state index is 13.2. The van der Waals surface area contributed by atoms with Gasteiger partial charge in [-0.25, -0.2) is 14.6 Å². The van der Waals surface area contributed by atoms with Gasteiger partial charge in [0.25, 0.3) is 0 Å². The number of carbonyl (C=O) groups is 3. The van der Waals surface area contributed by atoms with Crippen LogP contribution < -0.4 is 15.5 Å². The third-order valence-corrected chi connectivity index (χ3v) is 4.59. The Hall–Kier alpha value is -3.75. The number of ether oxygens (including phenoxy) is 1. The smallest absolute Gasteiger partial charge is 0.345 e. The Balaban J connectivity index is 1.63. The van der Waals surface area contributed by atoms with Crippen LogP contribution in [-0.2, 0) is 9.59 Å². The number of halogens is 3. The summed E-state index contributed by atoms with van der Waals surface area (Å²) in [7, 11) is 0. The average molecular weight is 474 g/mol. The Morgan fingerprint density at radius 2 is 1.62 bits per heavy atom. The van der Waals surface area contributed by atoms with Gasteiger partial charge in [0, 0.05) is 11.3 Å². The first kappa shape index (κ1) is 22.9. The highest BCUT2D eigenvalue weighted by Crippen LogP contribution is 2.21. The van der Waals surface area contributed by atoms with E-state index in [9.17, 15) is 18.8 Å². The second kappa shape index (κ2) is 10.5. The van der Waals surface area contributed by atoms with E-state index in [2.05, 4.69) is 10.4 Å². The monoisotopic (exact) mass is 473 g/mol. The van der Waals surface area contributed by atoms with Crippen LogP contribution in [0.2, 0.25) is 10.0 Å². The maximum absolute atomic E-state index is 13.2. The van der Waals surface area contributed by atoms with E-state index < -0.39 is 23.6 Å². The highest BCUT2D eigenvalue weighted by atomic mass is 35.5. The summed E-state index contributed by atoms with van der Waals surface area (Å²) < 4.78 is 18.5. The number of hydrogen-bond acceptors (Lipinski definition) is 5. The first-order chi connectivity index (χ1) is 15.3. The molecule has 0 aromatic heterocycles. The van der Waals surface area contributed by atoms with E-state index in [1.165, 1.54) is 24.4 Å². The number of nitrogens with zero attached hydrogens (tertiary/aromatic N) is 1. The molecule has 0 aliphatic rings. The zero-order valence-corrected chi connectivity index (χ0v) is 17.7. The minimum atomic E-state index is -1.08. The number of para-hydroxylation sites is 1. The number of carbonyl (C=O) groups excluding carboxylic acids is 3. The van der Waals surface area contributed by atoms with Gasteiger partial charge in [-0.2, -0.15) is 5.10 Å². The molecule has 0 aliphatic carbocycles. The second-order valence-corrected chi connectivity index (χ2v) is 7.00. The molecule has 0 spiro atoms. The molecule has 2 amide bonds. The molecule has 3 aromatic rings. The van der Waals surface area contributed by atoms with Crippen molar-refractivity contribution in [3.8, 4) is 5.75 Å². The SMILES string of the molecule is O=C(N/N=C/c1ccccc1OC(=O)c1ccccc1Cl)C(=O)Nc1ccc(F)c(Cl)c1. The van der Waals surface area contributed by atoms with Gasteiger partial charge in [0.1, 0.15) is 11.6 Å². The van der Waals surface area contributed by atoms with Gasteiger partial charge in [-0.1, -0.05) is 47.5 Å². The summed E-state index contributed by atoms with van der Waals surface area (Å²) in [5.74, 6) is -3.28. The van der Waals surface area contributed by atoms with E-state index in [1.54, 1.807) is 36.4 Å². The van der Waals surface area contributed by atoms with Crippen LogP contribution in [0.15, 0.2) is 71.8 Å². The van der Waals surface area contributed by atoms with Crippen LogP contribution >= 0.6 is 23.2 Å². The molecule has 3 aromatic carbocycles. The summed E-state index contributed by atoms with van der Waals surface area (Å²) in [4.78, 5) is 36.2. The van der Waals surface area contributed by atoms with Gasteiger partial charge in [-0.3, -0.25) is 9.59 Å². The second-order valence-electron chi connectivity index (χ2n) is 6.19. The Bertz CT molecular complexity index is 1220. The molecule has 162 valence electrons. The quantitative estimate of drug-likeness (QED) is 0.188. The van der Waals surface area contributed by atoms with Gasteiger partial charge in [-0.05, 0) is 42.5 Å². The Kier molecular flexibility index (Phi) is 7.54. The molecule has 0 fully saturated rings. The van der Waals surface area contributed by atoms with Gasteiger partial charge in [0.2, 0.25) is 0 Å². The predicted octanol–water partition coefficient (Wildman–Crippen LogP) is 4.44. The number of rotatable bonds is 5. The fraction of sp³-hybridized carbons (Fsp3) is 0. The van der Waals surface area contributed by atoms with Gasteiger partial charge < -0.3 is 10.1 Å². The number of nitrogens with one attached hydrogen (secondary N) is 2. The lowest BCUT2D eigenvalue weighted by Gasteiger charge is -2.08. The van der Waals surface area contributed by atoms with Crippen molar-refractivity contribution in [1.82, 2.24) is 5.43 Å². The largest absolute Gasteiger partial charge is 0.422 e. The zero-order chi connectivity index (χ0) is 23.1. The van der Waals surface area contributed by atoms with Crippen molar-refractivity contribution < 1.29 is 23.5 Å². The van der Waals surface area contributed by atoms with Crippen molar-refractivity contribution in [2.75, 3.05) is 5.32 Å². The third-order valence-electron chi connectivity index (χ3n) is 3.97. The number of esters is 1. The molecule has 10 heteroatoms. The van der Waals surface area contributed by atoms with Crippen molar-refractivity contribution in [3.05, 3.63) is 93.7 Å². The minimum absolute atomic E-state index is 0.136. The van der Waals surface area contributed by atoms with Crippen molar-refractivity contribution in [1.29, 1.82) is 0 Å². The van der Waals surface area contributed by atoms with Crippen LogP contribution in [0.5, 0.6) is 5.75 Å². The van der Waals surface area contributed by atoms with Crippen molar-refractivity contribution in [2.45, 2.75) is 0 Å². The molecule has 0 saturated heterocycles. The molecular formula is C22H14Cl2FN3O4. The average Bonchev–Trinajstić information content (AvgIpc) is 2.77. The first-order valence-corrected chi connectivity index (χ1v) is 9.76. The number of benzene rings is 3. The molecule has 0 heterocycles. The molecule has 7 nitrogen and oxygen atoms in total.